The van der Waals surface area contributed by atoms with Crippen LogP contribution >= 0.6 is 39.1 Å². The van der Waals surface area contributed by atoms with Gasteiger partial charge in [0.2, 0.25) is 0 Å². The molecule has 0 spiro atoms. The zero-order chi connectivity index (χ0) is 8.43. The standard InChI is InChI=1S/C7H3BrCl2O/c8-5-2-1-4(7(10)11)3-6(5)9/h1-3H. The third kappa shape index (κ3) is 2.19. The molecule has 0 bridgehead atoms. The van der Waals surface area contributed by atoms with Gasteiger partial charge in [-0.15, -0.1) is 0 Å². The van der Waals surface area contributed by atoms with Gasteiger partial charge in [-0.1, -0.05) is 11.6 Å². The second-order valence-electron chi connectivity index (χ2n) is 1.90. The van der Waals surface area contributed by atoms with Crippen LogP contribution in [-0.4, -0.2) is 5.24 Å². The molecule has 4 heteroatoms. The Kier molecular flexibility index (Phi) is 2.93. The van der Waals surface area contributed by atoms with Gasteiger partial charge >= 0.3 is 0 Å². The summed E-state index contributed by atoms with van der Waals surface area (Å²) in [6, 6.07) is 4.80. The maximum absolute atomic E-state index is 10.6. The van der Waals surface area contributed by atoms with E-state index in [1.54, 1.807) is 12.1 Å². The number of benzene rings is 1. The summed E-state index contributed by atoms with van der Waals surface area (Å²) in [5.41, 5.74) is 0.403. The van der Waals surface area contributed by atoms with Crippen LogP contribution in [0.4, 0.5) is 0 Å². The minimum absolute atomic E-state index is 0.403. The Labute approximate surface area is 82.4 Å². The average Bonchev–Trinajstić information content (AvgIpc) is 1.94. The molecule has 0 aromatic heterocycles. The molecule has 11 heavy (non-hydrogen) atoms. The van der Waals surface area contributed by atoms with E-state index in [-0.39, 0.29) is 0 Å². The van der Waals surface area contributed by atoms with Crippen molar-refractivity contribution >= 4 is 44.4 Å². The molecule has 0 aliphatic carbocycles. The quantitative estimate of drug-likeness (QED) is 0.701. The lowest BCUT2D eigenvalue weighted by Gasteiger charge is -1.96. The highest BCUT2D eigenvalue weighted by Crippen LogP contribution is 2.23. The van der Waals surface area contributed by atoms with Crippen LogP contribution in [0.2, 0.25) is 5.02 Å². The fourth-order valence-electron chi connectivity index (χ4n) is 0.618. The van der Waals surface area contributed by atoms with Crippen molar-refractivity contribution in [2.45, 2.75) is 0 Å². The van der Waals surface area contributed by atoms with E-state index in [1.165, 1.54) is 6.07 Å². The van der Waals surface area contributed by atoms with E-state index < -0.39 is 5.24 Å². The molecule has 1 aromatic rings. The van der Waals surface area contributed by atoms with Gasteiger partial charge in [-0.05, 0) is 45.7 Å². The van der Waals surface area contributed by atoms with Crippen LogP contribution in [0.25, 0.3) is 0 Å². The second kappa shape index (κ2) is 3.57. The van der Waals surface area contributed by atoms with Crippen LogP contribution in [0, 0.1) is 0 Å². The van der Waals surface area contributed by atoms with Gasteiger partial charge in [-0.2, -0.15) is 0 Å². The summed E-state index contributed by atoms with van der Waals surface area (Å²) < 4.78 is 0.751. The molecule has 1 nitrogen and oxygen atoms in total. The zero-order valence-corrected chi connectivity index (χ0v) is 8.37. The Morgan fingerprint density at radius 2 is 2.09 bits per heavy atom. The highest BCUT2D eigenvalue weighted by atomic mass is 79.9. The molecule has 0 saturated heterocycles. The van der Waals surface area contributed by atoms with Crippen molar-refractivity contribution < 1.29 is 4.79 Å². The molecule has 58 valence electrons. The molecule has 0 atom stereocenters. The summed E-state index contributed by atoms with van der Waals surface area (Å²) in [5.74, 6) is 0. The molecule has 0 fully saturated rings. The maximum Gasteiger partial charge on any atom is 0.252 e. The molecular formula is C7H3BrCl2O. The van der Waals surface area contributed by atoms with Gasteiger partial charge in [-0.25, -0.2) is 0 Å². The predicted molar refractivity (Wildman–Crippen MR) is 49.3 cm³/mol. The minimum Gasteiger partial charge on any atom is -0.276 e. The lowest BCUT2D eigenvalue weighted by atomic mass is 10.2. The van der Waals surface area contributed by atoms with Crippen LogP contribution in [-0.2, 0) is 0 Å². The molecule has 0 amide bonds. The molecule has 0 aliphatic heterocycles. The van der Waals surface area contributed by atoms with Gasteiger partial charge in [0.1, 0.15) is 0 Å². The first-order valence-corrected chi connectivity index (χ1v) is 4.31. The molecule has 0 aliphatic rings. The first-order chi connectivity index (χ1) is 5.11. The Hall–Kier alpha value is -0.0500. The third-order valence-electron chi connectivity index (χ3n) is 1.15. The van der Waals surface area contributed by atoms with E-state index in [0.717, 1.165) is 4.47 Å². The lowest BCUT2D eigenvalue weighted by Crippen LogP contribution is -1.87. The van der Waals surface area contributed by atoms with Crippen molar-refractivity contribution in [1.82, 2.24) is 0 Å². The van der Waals surface area contributed by atoms with E-state index >= 15 is 0 Å². The highest BCUT2D eigenvalue weighted by molar-refractivity contribution is 9.10. The van der Waals surface area contributed by atoms with Gasteiger partial charge in [0.05, 0.1) is 5.02 Å². The van der Waals surface area contributed by atoms with Crippen molar-refractivity contribution in [2.75, 3.05) is 0 Å². The molecular weight excluding hydrogens is 251 g/mol. The largest absolute Gasteiger partial charge is 0.276 e. The number of hydrogen-bond donors (Lipinski definition) is 0. The minimum atomic E-state index is -0.501. The lowest BCUT2D eigenvalue weighted by molar-refractivity contribution is 0.108. The summed E-state index contributed by atoms with van der Waals surface area (Å²) in [6.45, 7) is 0. The molecule has 1 rings (SSSR count). The Bertz CT molecular complexity index is 298. The van der Waals surface area contributed by atoms with Gasteiger partial charge in [0.25, 0.3) is 5.24 Å². The molecule has 0 saturated carbocycles. The number of rotatable bonds is 1. The first-order valence-electron chi connectivity index (χ1n) is 2.76. The van der Waals surface area contributed by atoms with Crippen molar-refractivity contribution in [2.24, 2.45) is 0 Å². The average molecular weight is 254 g/mol. The second-order valence-corrected chi connectivity index (χ2v) is 3.51. The fourth-order valence-corrected chi connectivity index (χ4v) is 1.16. The summed E-state index contributed by atoms with van der Waals surface area (Å²) >= 11 is 14.1. The zero-order valence-electron chi connectivity index (χ0n) is 5.27. The van der Waals surface area contributed by atoms with Gasteiger partial charge < -0.3 is 0 Å². The van der Waals surface area contributed by atoms with Gasteiger partial charge in [0.15, 0.2) is 0 Å². The Morgan fingerprint density at radius 1 is 1.45 bits per heavy atom. The van der Waals surface area contributed by atoms with E-state index in [4.69, 9.17) is 23.2 Å². The summed E-state index contributed by atoms with van der Waals surface area (Å²) in [4.78, 5) is 10.6. The van der Waals surface area contributed by atoms with E-state index in [9.17, 15) is 4.79 Å². The van der Waals surface area contributed by atoms with Crippen LogP contribution < -0.4 is 0 Å². The number of carbonyl (C=O) groups is 1. The van der Waals surface area contributed by atoms with Gasteiger partial charge in [0, 0.05) is 10.0 Å². The van der Waals surface area contributed by atoms with Crippen LogP contribution in [0.5, 0.6) is 0 Å². The summed E-state index contributed by atoms with van der Waals surface area (Å²) in [6.07, 6.45) is 0. The fraction of sp³-hybridized carbons (Fsp3) is 0. The summed E-state index contributed by atoms with van der Waals surface area (Å²) in [7, 11) is 0. The number of hydrogen-bond acceptors (Lipinski definition) is 1. The maximum atomic E-state index is 10.6. The third-order valence-corrected chi connectivity index (χ3v) is 2.60. The molecule has 0 unspecified atom stereocenters. The smallest absolute Gasteiger partial charge is 0.252 e. The van der Waals surface area contributed by atoms with Crippen LogP contribution in [0.15, 0.2) is 22.7 Å². The van der Waals surface area contributed by atoms with Crippen molar-refractivity contribution in [3.63, 3.8) is 0 Å². The van der Waals surface area contributed by atoms with E-state index in [0.29, 0.717) is 10.6 Å². The van der Waals surface area contributed by atoms with Crippen molar-refractivity contribution in [3.05, 3.63) is 33.3 Å². The van der Waals surface area contributed by atoms with Crippen molar-refractivity contribution in [1.29, 1.82) is 0 Å². The number of carbonyl (C=O) groups excluding carboxylic acids is 1. The van der Waals surface area contributed by atoms with Crippen molar-refractivity contribution in [3.8, 4) is 0 Å². The van der Waals surface area contributed by atoms with Crippen LogP contribution in [0.3, 0.4) is 0 Å². The first kappa shape index (κ1) is 9.04. The molecule has 1 aromatic carbocycles. The van der Waals surface area contributed by atoms with E-state index in [1.807, 2.05) is 0 Å². The molecule has 0 radical (unpaired) electrons. The SMILES string of the molecule is O=C(Cl)c1ccc(Br)c(Cl)c1. The monoisotopic (exact) mass is 252 g/mol. The van der Waals surface area contributed by atoms with Gasteiger partial charge in [-0.3, -0.25) is 4.79 Å². The number of halogens is 3. The Morgan fingerprint density at radius 3 is 2.55 bits per heavy atom. The molecule has 0 heterocycles. The highest BCUT2D eigenvalue weighted by Gasteiger charge is 2.03. The van der Waals surface area contributed by atoms with E-state index in [2.05, 4.69) is 15.9 Å². The normalized spacial score (nSPS) is 9.73. The summed E-state index contributed by atoms with van der Waals surface area (Å²) in [5, 5.41) is -0.0177. The predicted octanol–water partition coefficient (Wildman–Crippen LogP) is 3.48. The topological polar surface area (TPSA) is 17.1 Å². The molecule has 0 N–H and O–H groups in total. The Balaban J connectivity index is 3.15. The van der Waals surface area contributed by atoms with Crippen LogP contribution in [0.1, 0.15) is 10.4 Å².